The van der Waals surface area contributed by atoms with Gasteiger partial charge >= 0.3 is 96.9 Å². The topological polar surface area (TPSA) is 0 Å². The van der Waals surface area contributed by atoms with E-state index in [1.807, 2.05) is 0 Å². The Morgan fingerprint density at radius 2 is 1.00 bits per heavy atom. The van der Waals surface area contributed by atoms with Gasteiger partial charge in [-0.1, -0.05) is 0 Å². The summed E-state index contributed by atoms with van der Waals surface area (Å²) in [5, 5.41) is 0. The van der Waals surface area contributed by atoms with Gasteiger partial charge in [-0.05, 0) is 0 Å². The average molecular weight is 118 g/mol. The molecule has 0 atom stereocenters. The molecule has 0 aromatic heterocycles. The SMILES string of the molecule is C=C.[Ca+2].[H-].[H-].[H-].[H-].[Na+].[Na+]. The molecule has 0 N–H and O–H groups in total. The van der Waals surface area contributed by atoms with Crippen molar-refractivity contribution in [2.24, 2.45) is 0 Å². The van der Waals surface area contributed by atoms with E-state index in [1.54, 1.807) is 0 Å². The van der Waals surface area contributed by atoms with Crippen LogP contribution in [-0.2, 0) is 0 Å². The maximum Gasteiger partial charge on any atom is 2.00 e. The van der Waals surface area contributed by atoms with E-state index < -0.39 is 0 Å². The van der Waals surface area contributed by atoms with Crippen LogP contribution in [0.4, 0.5) is 0 Å². The molecule has 0 aliphatic rings. The van der Waals surface area contributed by atoms with Crippen molar-refractivity contribution in [2.45, 2.75) is 0 Å². The van der Waals surface area contributed by atoms with Crippen LogP contribution in [0.15, 0.2) is 13.2 Å². The van der Waals surface area contributed by atoms with Gasteiger partial charge in [0.1, 0.15) is 0 Å². The minimum absolute atomic E-state index is 0. The monoisotopic (exact) mass is 118 g/mol. The molecule has 0 aliphatic heterocycles. The van der Waals surface area contributed by atoms with E-state index in [2.05, 4.69) is 13.2 Å². The van der Waals surface area contributed by atoms with Crippen LogP contribution in [0.5, 0.6) is 0 Å². The third-order valence-corrected chi connectivity index (χ3v) is 0. The van der Waals surface area contributed by atoms with Crippen LogP contribution in [0.3, 0.4) is 0 Å². The molecule has 0 nitrogen and oxygen atoms in total. The summed E-state index contributed by atoms with van der Waals surface area (Å²) >= 11 is 0. The molecule has 0 bridgehead atoms. The van der Waals surface area contributed by atoms with Crippen molar-refractivity contribution >= 4 is 37.7 Å². The van der Waals surface area contributed by atoms with Crippen molar-refractivity contribution in [1.82, 2.24) is 0 Å². The maximum atomic E-state index is 3.00. The van der Waals surface area contributed by atoms with Gasteiger partial charge in [0.25, 0.3) is 0 Å². The summed E-state index contributed by atoms with van der Waals surface area (Å²) < 4.78 is 0. The molecule has 0 aromatic carbocycles. The first kappa shape index (κ1) is 24.5. The second kappa shape index (κ2) is 28.0. The van der Waals surface area contributed by atoms with Gasteiger partial charge in [-0.25, -0.2) is 0 Å². The van der Waals surface area contributed by atoms with E-state index in [9.17, 15) is 0 Å². The largest absolute Gasteiger partial charge is 2.00 e. The number of hydrogen-bond acceptors (Lipinski definition) is 0. The Kier molecular flexibility index (Phi) is 137. The Balaban J connectivity index is -0.000000000238. The fourth-order valence-electron chi connectivity index (χ4n) is 0. The first-order valence-electron chi connectivity index (χ1n) is 0.500. The summed E-state index contributed by atoms with van der Waals surface area (Å²) in [5.41, 5.74) is 0. The molecule has 0 saturated heterocycles. The summed E-state index contributed by atoms with van der Waals surface area (Å²) in [6, 6.07) is 0. The Morgan fingerprint density at radius 1 is 1.00 bits per heavy atom. The van der Waals surface area contributed by atoms with Crippen molar-refractivity contribution in [3.8, 4) is 0 Å². The zero-order valence-electron chi connectivity index (χ0n) is 8.12. The van der Waals surface area contributed by atoms with Crippen molar-refractivity contribution in [3.05, 3.63) is 13.2 Å². The number of hydrogen-bond donors (Lipinski definition) is 0. The smallest absolute Gasteiger partial charge is 1.00 e. The fourth-order valence-corrected chi connectivity index (χ4v) is 0. The average Bonchev–Trinajstić information content (AvgIpc) is 1.00. The third-order valence-electron chi connectivity index (χ3n) is 0. The van der Waals surface area contributed by atoms with Crippen LogP contribution < -0.4 is 59.1 Å². The van der Waals surface area contributed by atoms with E-state index in [4.69, 9.17) is 0 Å². The summed E-state index contributed by atoms with van der Waals surface area (Å²) in [7, 11) is 0. The second-order valence-electron chi connectivity index (χ2n) is 0. The van der Waals surface area contributed by atoms with Crippen molar-refractivity contribution in [2.75, 3.05) is 0 Å². The number of rotatable bonds is 0. The predicted molar refractivity (Wildman–Crippen MR) is 21.5 cm³/mol. The molecule has 0 unspecified atom stereocenters. The summed E-state index contributed by atoms with van der Waals surface area (Å²) in [6.45, 7) is 6.00. The van der Waals surface area contributed by atoms with E-state index in [1.165, 1.54) is 0 Å². The molecule has 5 heavy (non-hydrogen) atoms. The zero-order valence-corrected chi connectivity index (χ0v) is 10.3. The van der Waals surface area contributed by atoms with Crippen molar-refractivity contribution < 1.29 is 64.8 Å². The van der Waals surface area contributed by atoms with Gasteiger partial charge in [0, 0.05) is 0 Å². The third kappa shape index (κ3) is 19.4. The first-order chi connectivity index (χ1) is 1.00. The van der Waals surface area contributed by atoms with Crippen molar-refractivity contribution in [1.29, 1.82) is 0 Å². The molecule has 0 fully saturated rings. The van der Waals surface area contributed by atoms with E-state index in [0.29, 0.717) is 0 Å². The van der Waals surface area contributed by atoms with Crippen LogP contribution >= 0.6 is 0 Å². The molecule has 0 saturated carbocycles. The van der Waals surface area contributed by atoms with Crippen LogP contribution in [0.25, 0.3) is 0 Å². The van der Waals surface area contributed by atoms with E-state index >= 15 is 0 Å². The standard InChI is InChI=1S/C2H4.Ca.2Na.4H/c1-2;;;;;;;/h1-2H2;;;;;;;/q;+2;2*+1;4*-1. The predicted octanol–water partition coefficient (Wildman–Crippen LogP) is -5.12. The van der Waals surface area contributed by atoms with Gasteiger partial charge in [-0.15, -0.1) is 13.2 Å². The van der Waals surface area contributed by atoms with Crippen LogP contribution in [0.2, 0.25) is 0 Å². The summed E-state index contributed by atoms with van der Waals surface area (Å²) in [4.78, 5) is 0. The maximum absolute atomic E-state index is 3.00. The quantitative estimate of drug-likeness (QED) is 0.220. The van der Waals surface area contributed by atoms with Gasteiger partial charge in [0.2, 0.25) is 0 Å². The molecule has 0 heterocycles. The Hall–Kier alpha value is 3.00. The van der Waals surface area contributed by atoms with Gasteiger partial charge < -0.3 is 5.71 Å². The van der Waals surface area contributed by atoms with Gasteiger partial charge in [-0.2, -0.15) is 0 Å². The molecule has 3 heteroatoms. The molecular formula is C2H8CaNa2. The second-order valence-corrected chi connectivity index (χ2v) is 0. The molecule has 0 rings (SSSR count). The van der Waals surface area contributed by atoms with Crippen LogP contribution in [0, 0.1) is 0 Å². The van der Waals surface area contributed by atoms with Gasteiger partial charge in [0.15, 0.2) is 0 Å². The molecule has 0 spiro atoms. The van der Waals surface area contributed by atoms with Crippen molar-refractivity contribution in [3.63, 3.8) is 0 Å². The first-order valence-corrected chi connectivity index (χ1v) is 0.500. The summed E-state index contributed by atoms with van der Waals surface area (Å²) in [6.07, 6.45) is 0. The Bertz CT molecular complexity index is 16.5. The van der Waals surface area contributed by atoms with Gasteiger partial charge in [-0.3, -0.25) is 0 Å². The Labute approximate surface area is 113 Å². The molecule has 0 aliphatic carbocycles. The molecule has 20 valence electrons. The minimum Gasteiger partial charge on any atom is -1.00 e. The molecule has 0 amide bonds. The zero-order chi connectivity index (χ0) is 2.00. The van der Waals surface area contributed by atoms with Crippen LogP contribution in [-0.4, -0.2) is 37.7 Å². The van der Waals surface area contributed by atoms with E-state index in [0.717, 1.165) is 0 Å². The normalized spacial score (nSPS) is 0.800. The minimum atomic E-state index is 0. The van der Waals surface area contributed by atoms with Gasteiger partial charge in [0.05, 0.1) is 0 Å². The molecule has 0 radical (unpaired) electrons. The fraction of sp³-hybridized carbons (Fsp3) is 0. The molecular weight excluding hydrogens is 110 g/mol. The van der Waals surface area contributed by atoms with E-state index in [-0.39, 0.29) is 103 Å². The van der Waals surface area contributed by atoms with Crippen LogP contribution in [0.1, 0.15) is 5.71 Å². The Morgan fingerprint density at radius 3 is 1.00 bits per heavy atom. The molecule has 0 aromatic rings. The summed E-state index contributed by atoms with van der Waals surface area (Å²) in [5.74, 6) is 0.